The zero-order chi connectivity index (χ0) is 19.1. The van der Waals surface area contributed by atoms with E-state index in [1.165, 1.54) is 0 Å². The van der Waals surface area contributed by atoms with E-state index in [9.17, 15) is 9.59 Å². The molecule has 0 unspecified atom stereocenters. The summed E-state index contributed by atoms with van der Waals surface area (Å²) in [4.78, 5) is 27.6. The van der Waals surface area contributed by atoms with E-state index in [0.29, 0.717) is 29.5 Å². The van der Waals surface area contributed by atoms with E-state index in [1.807, 2.05) is 4.90 Å². The second-order valence-electron chi connectivity index (χ2n) is 7.84. The number of fused-ring (bicyclic) bond motifs is 2. The van der Waals surface area contributed by atoms with Gasteiger partial charge < -0.3 is 19.5 Å². The number of hydrogen-bond acceptors (Lipinski definition) is 5. The summed E-state index contributed by atoms with van der Waals surface area (Å²) < 4.78 is 11.1. The van der Waals surface area contributed by atoms with Gasteiger partial charge in [0.25, 0.3) is 11.8 Å². The fourth-order valence-corrected chi connectivity index (χ4v) is 4.08. The Bertz CT molecular complexity index is 918. The minimum Gasteiger partial charge on any atom is -0.493 e. The lowest BCUT2D eigenvalue weighted by atomic mass is 9.97. The first-order valence-corrected chi connectivity index (χ1v) is 10.0. The maximum absolute atomic E-state index is 13.1. The number of carbonyl (C=O) groups is 2. The van der Waals surface area contributed by atoms with Crippen molar-refractivity contribution in [2.75, 3.05) is 18.5 Å². The average molecular weight is 381 g/mol. The Morgan fingerprint density at radius 2 is 2.04 bits per heavy atom. The van der Waals surface area contributed by atoms with Crippen molar-refractivity contribution in [3.8, 4) is 5.75 Å². The normalized spacial score (nSPS) is 21.8. The topological polar surface area (TPSA) is 84.7 Å². The number of anilines is 1. The third-order valence-corrected chi connectivity index (χ3v) is 5.81. The number of benzene rings is 1. The molecule has 1 N–H and O–H groups in total. The zero-order valence-electron chi connectivity index (χ0n) is 15.6. The van der Waals surface area contributed by atoms with Crippen LogP contribution in [0.15, 0.2) is 28.8 Å². The summed E-state index contributed by atoms with van der Waals surface area (Å²) in [6.45, 7) is 1.37. The summed E-state index contributed by atoms with van der Waals surface area (Å²) in [6, 6.07) is 7.15. The number of hydrogen-bond donors (Lipinski definition) is 1. The number of amides is 2. The van der Waals surface area contributed by atoms with Crippen LogP contribution >= 0.6 is 0 Å². The lowest BCUT2D eigenvalue weighted by Gasteiger charge is -2.37. The molecule has 2 fully saturated rings. The van der Waals surface area contributed by atoms with E-state index >= 15 is 0 Å². The Kier molecular flexibility index (Phi) is 4.30. The highest BCUT2D eigenvalue weighted by Gasteiger charge is 2.32. The molecular weight excluding hydrogens is 358 g/mol. The van der Waals surface area contributed by atoms with Crippen molar-refractivity contribution in [2.45, 2.75) is 50.5 Å². The number of rotatable bonds is 3. The van der Waals surface area contributed by atoms with Gasteiger partial charge in [-0.1, -0.05) is 5.16 Å². The average Bonchev–Trinajstić information content (AvgIpc) is 3.44. The molecule has 2 aromatic rings. The molecule has 7 nitrogen and oxygen atoms in total. The summed E-state index contributed by atoms with van der Waals surface area (Å²) in [5, 5.41) is 6.69. The van der Waals surface area contributed by atoms with Gasteiger partial charge in [-0.25, -0.2) is 0 Å². The molecule has 1 aromatic carbocycles. The molecule has 146 valence electrons. The Balaban J connectivity index is 1.37. The molecule has 5 rings (SSSR count). The van der Waals surface area contributed by atoms with Crippen LogP contribution < -0.4 is 10.1 Å². The first kappa shape index (κ1) is 17.3. The van der Waals surface area contributed by atoms with Gasteiger partial charge in [0.15, 0.2) is 5.69 Å². The molecule has 2 aliphatic heterocycles. The first-order chi connectivity index (χ1) is 13.7. The van der Waals surface area contributed by atoms with E-state index < -0.39 is 0 Å². The lowest BCUT2D eigenvalue weighted by molar-refractivity contribution is 0.0548. The number of carbonyl (C=O) groups excluding carboxylic acids is 2. The Labute approximate surface area is 163 Å². The summed E-state index contributed by atoms with van der Waals surface area (Å²) in [6.07, 6.45) is 6.24. The third kappa shape index (κ3) is 3.25. The number of nitrogens with zero attached hydrogens (tertiary/aromatic N) is 2. The van der Waals surface area contributed by atoms with Gasteiger partial charge in [0.1, 0.15) is 11.5 Å². The standard InChI is InChI=1S/C21H23N3O4/c25-20(17-12-19(28-23-17)13-4-5-13)22-14-6-7-18-16(11-14)21(26)24-9-2-1-3-15(24)8-10-27-18/h6-7,11-13,15H,1-5,8-10H2,(H,22,25)/t15-/m0/s1. The van der Waals surface area contributed by atoms with E-state index in [2.05, 4.69) is 10.5 Å². The number of ether oxygens (including phenoxy) is 1. The van der Waals surface area contributed by atoms with Gasteiger partial charge in [0.2, 0.25) is 0 Å². The number of nitrogens with one attached hydrogen (secondary N) is 1. The molecule has 3 aliphatic rings. The predicted octanol–water partition coefficient (Wildman–Crippen LogP) is 3.58. The molecule has 7 heteroatoms. The van der Waals surface area contributed by atoms with Crippen molar-refractivity contribution >= 4 is 17.5 Å². The summed E-state index contributed by atoms with van der Waals surface area (Å²) in [7, 11) is 0. The SMILES string of the molecule is O=C(Nc1ccc2c(c1)C(=O)N1CCCC[C@H]1CCO2)c1cc(C2CC2)on1. The highest BCUT2D eigenvalue weighted by Crippen LogP contribution is 2.40. The third-order valence-electron chi connectivity index (χ3n) is 5.81. The van der Waals surface area contributed by atoms with E-state index in [0.717, 1.165) is 50.8 Å². The molecule has 0 radical (unpaired) electrons. The zero-order valence-corrected chi connectivity index (χ0v) is 15.6. The van der Waals surface area contributed by atoms with Crippen LogP contribution in [0.2, 0.25) is 0 Å². The molecule has 1 saturated heterocycles. The van der Waals surface area contributed by atoms with Crippen LogP contribution in [0.25, 0.3) is 0 Å². The van der Waals surface area contributed by atoms with Crippen LogP contribution in [0.5, 0.6) is 5.75 Å². The summed E-state index contributed by atoms with van der Waals surface area (Å²) in [5.41, 5.74) is 1.31. The highest BCUT2D eigenvalue weighted by atomic mass is 16.5. The summed E-state index contributed by atoms with van der Waals surface area (Å²) >= 11 is 0. The largest absolute Gasteiger partial charge is 0.493 e. The smallest absolute Gasteiger partial charge is 0.277 e. The quantitative estimate of drug-likeness (QED) is 0.878. The van der Waals surface area contributed by atoms with Crippen molar-refractivity contribution in [3.05, 3.63) is 41.3 Å². The molecule has 28 heavy (non-hydrogen) atoms. The van der Waals surface area contributed by atoms with E-state index in [4.69, 9.17) is 9.26 Å². The number of aromatic nitrogens is 1. The van der Waals surface area contributed by atoms with Gasteiger partial charge in [-0.2, -0.15) is 0 Å². The van der Waals surface area contributed by atoms with Gasteiger partial charge in [0.05, 0.1) is 12.2 Å². The fraction of sp³-hybridized carbons (Fsp3) is 0.476. The maximum Gasteiger partial charge on any atom is 0.277 e. The first-order valence-electron chi connectivity index (χ1n) is 10.0. The van der Waals surface area contributed by atoms with Crippen molar-refractivity contribution in [3.63, 3.8) is 0 Å². The monoisotopic (exact) mass is 381 g/mol. The highest BCUT2D eigenvalue weighted by molar-refractivity contribution is 6.04. The van der Waals surface area contributed by atoms with Crippen molar-refractivity contribution in [1.29, 1.82) is 0 Å². The van der Waals surface area contributed by atoms with Gasteiger partial charge in [0, 0.05) is 36.7 Å². The molecule has 3 heterocycles. The van der Waals surface area contributed by atoms with Crippen LogP contribution in [0.1, 0.15) is 71.0 Å². The molecule has 1 atom stereocenters. The Morgan fingerprint density at radius 1 is 1.14 bits per heavy atom. The van der Waals surface area contributed by atoms with Crippen LogP contribution in [0.3, 0.4) is 0 Å². The fourth-order valence-electron chi connectivity index (χ4n) is 4.08. The van der Waals surface area contributed by atoms with Gasteiger partial charge in [-0.05, 0) is 50.3 Å². The molecule has 0 bridgehead atoms. The van der Waals surface area contributed by atoms with Crippen LogP contribution in [-0.4, -0.2) is 41.1 Å². The molecule has 0 spiro atoms. The van der Waals surface area contributed by atoms with Crippen molar-refractivity contribution in [1.82, 2.24) is 10.1 Å². The molecule has 1 saturated carbocycles. The lowest BCUT2D eigenvalue weighted by Crippen LogP contribution is -2.45. The van der Waals surface area contributed by atoms with Gasteiger partial charge >= 0.3 is 0 Å². The van der Waals surface area contributed by atoms with Crippen molar-refractivity contribution in [2.24, 2.45) is 0 Å². The van der Waals surface area contributed by atoms with E-state index in [-0.39, 0.29) is 23.6 Å². The minimum absolute atomic E-state index is 0.0204. The second-order valence-corrected chi connectivity index (χ2v) is 7.84. The maximum atomic E-state index is 13.1. The second kappa shape index (κ2) is 6.96. The van der Waals surface area contributed by atoms with Gasteiger partial charge in [-0.3, -0.25) is 9.59 Å². The summed E-state index contributed by atoms with van der Waals surface area (Å²) in [5.74, 6) is 1.38. The predicted molar refractivity (Wildman–Crippen MR) is 102 cm³/mol. The minimum atomic E-state index is -0.342. The van der Waals surface area contributed by atoms with Crippen LogP contribution in [0, 0.1) is 0 Å². The Morgan fingerprint density at radius 3 is 2.89 bits per heavy atom. The van der Waals surface area contributed by atoms with Gasteiger partial charge in [-0.15, -0.1) is 0 Å². The van der Waals surface area contributed by atoms with Crippen LogP contribution in [-0.2, 0) is 0 Å². The van der Waals surface area contributed by atoms with Crippen LogP contribution in [0.4, 0.5) is 5.69 Å². The Hall–Kier alpha value is -2.83. The molecular formula is C21H23N3O4. The van der Waals surface area contributed by atoms with Crippen molar-refractivity contribution < 1.29 is 18.8 Å². The molecule has 1 aromatic heterocycles. The number of piperidine rings is 1. The molecule has 2 amide bonds. The molecule has 1 aliphatic carbocycles. The van der Waals surface area contributed by atoms with E-state index in [1.54, 1.807) is 24.3 Å².